The first-order valence-corrected chi connectivity index (χ1v) is 4.82. The summed E-state index contributed by atoms with van der Waals surface area (Å²) in [6.07, 6.45) is 1.54. The van der Waals surface area contributed by atoms with Crippen LogP contribution in [0.3, 0.4) is 0 Å². The number of carbonyl (C=O) groups is 3. The van der Waals surface area contributed by atoms with Gasteiger partial charge in [0.15, 0.2) is 0 Å². The molecule has 9 nitrogen and oxygen atoms in total. The zero-order chi connectivity index (χ0) is 13.5. The molecule has 3 N–H and O–H groups in total. The van der Waals surface area contributed by atoms with Gasteiger partial charge in [0.25, 0.3) is 0 Å². The fourth-order valence-corrected chi connectivity index (χ4v) is 0.984. The van der Waals surface area contributed by atoms with E-state index < -0.39 is 24.1 Å². The van der Waals surface area contributed by atoms with Crippen LogP contribution in [0.4, 0.5) is 4.79 Å². The smallest absolute Gasteiger partial charge is 0.357 e. The highest BCUT2D eigenvalue weighted by Gasteiger charge is 2.21. The fourth-order valence-electron chi connectivity index (χ4n) is 0.984. The van der Waals surface area contributed by atoms with Crippen molar-refractivity contribution < 1.29 is 28.9 Å². The molecular formula is C9H11N3O6. The molecule has 0 spiro atoms. The first kappa shape index (κ1) is 13.6. The molecule has 0 saturated heterocycles. The monoisotopic (exact) mass is 257 g/mol. The van der Waals surface area contributed by atoms with Gasteiger partial charge in [-0.25, -0.2) is 24.3 Å². The Morgan fingerprint density at radius 2 is 2.17 bits per heavy atom. The topological polar surface area (TPSA) is 134 Å². The lowest BCUT2D eigenvalue weighted by molar-refractivity contribution is -0.240. The summed E-state index contributed by atoms with van der Waals surface area (Å²) in [7, 11) is 0. The van der Waals surface area contributed by atoms with E-state index in [4.69, 9.17) is 5.73 Å². The lowest BCUT2D eigenvalue weighted by Gasteiger charge is -2.08. The molecule has 98 valence electrons. The van der Waals surface area contributed by atoms with E-state index >= 15 is 0 Å². The molecule has 9 heteroatoms. The number of aromatic amines is 1. The van der Waals surface area contributed by atoms with Gasteiger partial charge >= 0.3 is 18.1 Å². The highest BCUT2D eigenvalue weighted by Crippen LogP contribution is 1.99. The van der Waals surface area contributed by atoms with Gasteiger partial charge in [0.05, 0.1) is 6.33 Å². The van der Waals surface area contributed by atoms with Crippen molar-refractivity contribution in [2.45, 2.75) is 19.4 Å². The first-order chi connectivity index (χ1) is 8.49. The van der Waals surface area contributed by atoms with Crippen LogP contribution in [0.1, 0.15) is 12.6 Å². The maximum Gasteiger partial charge on any atom is 0.557 e. The summed E-state index contributed by atoms with van der Waals surface area (Å²) < 4.78 is 4.17. The first-order valence-electron chi connectivity index (χ1n) is 4.82. The van der Waals surface area contributed by atoms with E-state index in [9.17, 15) is 14.4 Å². The standard InChI is InChI=1S/C9H11N3O6/c1-5(13)17-18-9(15)16-8(14)7(10)2-6-3-11-4-12-6/h3-4,7H,2,10H2,1H3,(H,11,12). The van der Waals surface area contributed by atoms with Gasteiger partial charge in [-0.2, -0.15) is 4.79 Å². The number of nitrogens with zero attached hydrogens (tertiary/aromatic N) is 1. The van der Waals surface area contributed by atoms with Gasteiger partial charge in [0.2, 0.25) is 0 Å². The van der Waals surface area contributed by atoms with Crippen molar-refractivity contribution in [3.63, 3.8) is 0 Å². The largest absolute Gasteiger partial charge is 0.557 e. The molecule has 0 bridgehead atoms. The molecule has 1 atom stereocenters. The minimum absolute atomic E-state index is 0.111. The van der Waals surface area contributed by atoms with Crippen molar-refractivity contribution in [1.82, 2.24) is 9.97 Å². The minimum atomic E-state index is -1.46. The van der Waals surface area contributed by atoms with Crippen molar-refractivity contribution in [2.75, 3.05) is 0 Å². The predicted octanol–water partition coefficient (Wildman–Crippen LogP) is -0.563. The van der Waals surface area contributed by atoms with Crippen LogP contribution >= 0.6 is 0 Å². The summed E-state index contributed by atoms with van der Waals surface area (Å²) in [5, 5.41) is 0. The van der Waals surface area contributed by atoms with Crippen molar-refractivity contribution in [3.8, 4) is 0 Å². The van der Waals surface area contributed by atoms with Crippen LogP contribution in [0.2, 0.25) is 0 Å². The van der Waals surface area contributed by atoms with E-state index in [2.05, 4.69) is 24.5 Å². The Labute approximate surface area is 101 Å². The van der Waals surface area contributed by atoms with Crippen LogP contribution in [-0.4, -0.2) is 34.1 Å². The van der Waals surface area contributed by atoms with Gasteiger partial charge in [0, 0.05) is 25.2 Å². The van der Waals surface area contributed by atoms with Crippen molar-refractivity contribution in [3.05, 3.63) is 18.2 Å². The zero-order valence-corrected chi connectivity index (χ0v) is 9.41. The number of esters is 1. The summed E-state index contributed by atoms with van der Waals surface area (Å²) in [4.78, 5) is 46.6. The van der Waals surface area contributed by atoms with E-state index in [-0.39, 0.29) is 6.42 Å². The molecule has 1 unspecified atom stereocenters. The van der Waals surface area contributed by atoms with E-state index in [1.807, 2.05) is 0 Å². The van der Waals surface area contributed by atoms with Crippen LogP contribution in [-0.2, 0) is 30.5 Å². The Morgan fingerprint density at radius 1 is 1.44 bits per heavy atom. The zero-order valence-electron chi connectivity index (χ0n) is 9.41. The molecule has 1 aromatic rings. The molecule has 1 heterocycles. The molecule has 0 aliphatic carbocycles. The highest BCUT2D eigenvalue weighted by atomic mass is 17.2. The Hall–Kier alpha value is -2.42. The molecule has 0 fully saturated rings. The molecule has 0 saturated carbocycles. The quantitative estimate of drug-likeness (QED) is 0.318. The second kappa shape index (κ2) is 6.35. The summed E-state index contributed by atoms with van der Waals surface area (Å²) in [6, 6.07) is -1.07. The van der Waals surface area contributed by atoms with Gasteiger partial charge in [-0.05, 0) is 0 Å². The van der Waals surface area contributed by atoms with Gasteiger partial charge in [0.1, 0.15) is 6.04 Å². The number of carbonyl (C=O) groups excluding carboxylic acids is 3. The maximum absolute atomic E-state index is 11.3. The third-order valence-corrected chi connectivity index (χ3v) is 1.71. The summed E-state index contributed by atoms with van der Waals surface area (Å²) in [5.41, 5.74) is 6.08. The number of imidazole rings is 1. The van der Waals surface area contributed by atoms with Crippen molar-refractivity contribution in [1.29, 1.82) is 0 Å². The third-order valence-electron chi connectivity index (χ3n) is 1.71. The minimum Gasteiger partial charge on any atom is -0.357 e. The van der Waals surface area contributed by atoms with Gasteiger partial charge in [-0.15, -0.1) is 0 Å². The van der Waals surface area contributed by atoms with Crippen molar-refractivity contribution >= 4 is 18.1 Å². The molecule has 0 amide bonds. The average Bonchev–Trinajstić information content (AvgIpc) is 2.79. The number of aromatic nitrogens is 2. The van der Waals surface area contributed by atoms with Crippen LogP contribution < -0.4 is 5.73 Å². The second-order valence-electron chi connectivity index (χ2n) is 3.22. The number of ether oxygens (including phenoxy) is 1. The SMILES string of the molecule is CC(=O)OOC(=O)OC(=O)C(N)Cc1cnc[nH]1. The molecule has 0 radical (unpaired) electrons. The number of rotatable bonds is 3. The third kappa shape index (κ3) is 4.61. The van der Waals surface area contributed by atoms with Crippen LogP contribution in [0, 0.1) is 0 Å². The molecule has 0 aliphatic rings. The van der Waals surface area contributed by atoms with Gasteiger partial charge < -0.3 is 15.5 Å². The summed E-state index contributed by atoms with van der Waals surface area (Å²) >= 11 is 0. The lowest BCUT2D eigenvalue weighted by Crippen LogP contribution is -2.36. The highest BCUT2D eigenvalue weighted by molar-refractivity contribution is 5.85. The molecule has 1 aromatic heterocycles. The van der Waals surface area contributed by atoms with Crippen LogP contribution in [0.15, 0.2) is 12.5 Å². The Balaban J connectivity index is 2.35. The van der Waals surface area contributed by atoms with E-state index in [1.165, 1.54) is 12.5 Å². The molecule has 0 aromatic carbocycles. The van der Waals surface area contributed by atoms with E-state index in [0.29, 0.717) is 5.69 Å². The van der Waals surface area contributed by atoms with E-state index in [1.54, 1.807) is 0 Å². The Kier molecular flexibility index (Phi) is 4.81. The Bertz CT molecular complexity index is 430. The number of H-pyrrole nitrogens is 1. The van der Waals surface area contributed by atoms with Crippen LogP contribution in [0.25, 0.3) is 0 Å². The lowest BCUT2D eigenvalue weighted by atomic mass is 10.2. The van der Waals surface area contributed by atoms with Gasteiger partial charge in [-0.3, -0.25) is 0 Å². The average molecular weight is 257 g/mol. The summed E-state index contributed by atoms with van der Waals surface area (Å²) in [6.45, 7) is 1.01. The van der Waals surface area contributed by atoms with Crippen LogP contribution in [0.5, 0.6) is 0 Å². The van der Waals surface area contributed by atoms with E-state index in [0.717, 1.165) is 6.92 Å². The second-order valence-corrected chi connectivity index (χ2v) is 3.22. The normalized spacial score (nSPS) is 11.4. The Morgan fingerprint density at radius 3 is 2.72 bits per heavy atom. The maximum atomic E-state index is 11.3. The van der Waals surface area contributed by atoms with Gasteiger partial charge in [-0.1, -0.05) is 0 Å². The number of hydrogen-bond donors (Lipinski definition) is 2. The number of nitrogens with one attached hydrogen (secondary N) is 1. The predicted molar refractivity (Wildman–Crippen MR) is 54.6 cm³/mol. The molecule has 0 aliphatic heterocycles. The summed E-state index contributed by atoms with van der Waals surface area (Å²) in [5.74, 6) is -1.87. The fraction of sp³-hybridized carbons (Fsp3) is 0.333. The number of hydrogen-bond acceptors (Lipinski definition) is 8. The molecule has 18 heavy (non-hydrogen) atoms. The molecule has 1 rings (SSSR count). The molecular weight excluding hydrogens is 246 g/mol. The van der Waals surface area contributed by atoms with Crippen molar-refractivity contribution in [2.24, 2.45) is 5.73 Å². The number of nitrogens with two attached hydrogens (primary N) is 1.